The summed E-state index contributed by atoms with van der Waals surface area (Å²) in [4.78, 5) is 42.2. The molecule has 0 atom stereocenters. The summed E-state index contributed by atoms with van der Waals surface area (Å²) < 4.78 is 11.4. The minimum absolute atomic E-state index is 0.0786. The lowest BCUT2D eigenvalue weighted by atomic mass is 10.1. The number of fused-ring (bicyclic) bond motifs is 1. The first-order valence-electron chi connectivity index (χ1n) is 10.6. The Labute approximate surface area is 196 Å². The van der Waals surface area contributed by atoms with E-state index in [2.05, 4.69) is 17.2 Å². The largest absolute Gasteiger partial charge is 0.465 e. The summed E-state index contributed by atoms with van der Waals surface area (Å²) in [7, 11) is 2.90. The summed E-state index contributed by atoms with van der Waals surface area (Å²) in [6.45, 7) is 2.94. The molecule has 1 amide bonds. The summed E-state index contributed by atoms with van der Waals surface area (Å²) in [5.74, 6) is -0.629. The van der Waals surface area contributed by atoms with Crippen LogP contribution in [0, 0.1) is 0 Å². The van der Waals surface area contributed by atoms with E-state index in [1.54, 1.807) is 23.8 Å². The topological polar surface area (TPSA) is 99.5 Å². The third-order valence-electron chi connectivity index (χ3n) is 5.02. The molecule has 33 heavy (non-hydrogen) atoms. The van der Waals surface area contributed by atoms with Gasteiger partial charge in [-0.05, 0) is 48.7 Å². The predicted octanol–water partition coefficient (Wildman–Crippen LogP) is 3.51. The Morgan fingerprint density at radius 1 is 1.15 bits per heavy atom. The van der Waals surface area contributed by atoms with Gasteiger partial charge in [0.1, 0.15) is 0 Å². The van der Waals surface area contributed by atoms with E-state index in [4.69, 9.17) is 9.47 Å². The van der Waals surface area contributed by atoms with Crippen molar-refractivity contribution < 1.29 is 19.1 Å². The molecule has 1 heterocycles. The van der Waals surface area contributed by atoms with Crippen LogP contribution in [0.4, 0.5) is 5.69 Å². The van der Waals surface area contributed by atoms with Crippen LogP contribution in [0.2, 0.25) is 0 Å². The first-order valence-corrected chi connectivity index (χ1v) is 11.6. The van der Waals surface area contributed by atoms with Crippen molar-refractivity contribution in [3.05, 3.63) is 63.9 Å². The smallest absolute Gasteiger partial charge is 0.337 e. The molecule has 0 aliphatic heterocycles. The molecule has 1 aromatic heterocycles. The first kappa shape index (κ1) is 24.5. The number of ether oxygens (including phenoxy) is 2. The van der Waals surface area contributed by atoms with Crippen LogP contribution >= 0.6 is 11.8 Å². The van der Waals surface area contributed by atoms with Crippen LogP contribution in [0.3, 0.4) is 0 Å². The van der Waals surface area contributed by atoms with Crippen molar-refractivity contribution >= 4 is 40.2 Å². The summed E-state index contributed by atoms with van der Waals surface area (Å²) >= 11 is 1.17. The Hall–Kier alpha value is -3.17. The number of aromatic nitrogens is 2. The molecule has 1 N–H and O–H groups in total. The molecule has 3 rings (SSSR count). The molecule has 9 heteroatoms. The SMILES string of the molecule is CCc1cccc(NC(=O)CSc2nc3cc(C(=O)OC)ccc3c(=O)n2CCCOC)c1. The second-order valence-corrected chi connectivity index (χ2v) is 8.25. The molecule has 3 aromatic rings. The first-order chi connectivity index (χ1) is 16.0. The highest BCUT2D eigenvalue weighted by molar-refractivity contribution is 7.99. The Morgan fingerprint density at radius 3 is 2.70 bits per heavy atom. The van der Waals surface area contributed by atoms with E-state index in [9.17, 15) is 14.4 Å². The second kappa shape index (κ2) is 11.6. The molecule has 0 radical (unpaired) electrons. The summed E-state index contributed by atoms with van der Waals surface area (Å²) in [6, 6.07) is 12.3. The highest BCUT2D eigenvalue weighted by atomic mass is 32.2. The zero-order valence-electron chi connectivity index (χ0n) is 18.9. The van der Waals surface area contributed by atoms with E-state index < -0.39 is 5.97 Å². The number of aryl methyl sites for hydroxylation is 1. The zero-order valence-corrected chi connectivity index (χ0v) is 19.7. The van der Waals surface area contributed by atoms with Crippen LogP contribution in [0.25, 0.3) is 10.9 Å². The van der Waals surface area contributed by atoms with E-state index in [-0.39, 0.29) is 17.2 Å². The molecule has 8 nitrogen and oxygen atoms in total. The molecule has 0 fully saturated rings. The van der Waals surface area contributed by atoms with Gasteiger partial charge in [0.15, 0.2) is 5.16 Å². The maximum atomic E-state index is 13.2. The van der Waals surface area contributed by atoms with Gasteiger partial charge in [-0.25, -0.2) is 9.78 Å². The predicted molar refractivity (Wildman–Crippen MR) is 129 cm³/mol. The normalized spacial score (nSPS) is 10.9. The van der Waals surface area contributed by atoms with Crippen LogP contribution in [0.5, 0.6) is 0 Å². The van der Waals surface area contributed by atoms with Crippen molar-refractivity contribution in [2.45, 2.75) is 31.5 Å². The summed E-state index contributed by atoms with van der Waals surface area (Å²) in [5.41, 5.74) is 2.31. The Bertz CT molecular complexity index is 1210. The Morgan fingerprint density at radius 2 is 1.97 bits per heavy atom. The number of rotatable bonds is 10. The monoisotopic (exact) mass is 469 g/mol. The van der Waals surface area contributed by atoms with E-state index in [0.29, 0.717) is 41.2 Å². The van der Waals surface area contributed by atoms with Gasteiger partial charge in [-0.2, -0.15) is 0 Å². The number of methoxy groups -OCH3 is 2. The Kier molecular flexibility index (Phi) is 8.62. The third-order valence-corrected chi connectivity index (χ3v) is 6.00. The number of hydrogen-bond donors (Lipinski definition) is 1. The van der Waals surface area contributed by atoms with Crippen molar-refractivity contribution in [2.75, 3.05) is 31.9 Å². The molecule has 0 spiro atoms. The number of anilines is 1. The fourth-order valence-electron chi connectivity index (χ4n) is 3.32. The van der Waals surface area contributed by atoms with Crippen molar-refractivity contribution in [2.24, 2.45) is 0 Å². The van der Waals surface area contributed by atoms with E-state index in [1.165, 1.54) is 24.9 Å². The lowest BCUT2D eigenvalue weighted by molar-refractivity contribution is -0.113. The number of carbonyl (C=O) groups is 2. The summed E-state index contributed by atoms with van der Waals surface area (Å²) in [6.07, 6.45) is 1.49. The molecule has 0 bridgehead atoms. The molecule has 0 unspecified atom stereocenters. The van der Waals surface area contributed by atoms with Crippen LogP contribution in [0.1, 0.15) is 29.3 Å². The molecule has 2 aromatic carbocycles. The highest BCUT2D eigenvalue weighted by Crippen LogP contribution is 2.20. The van der Waals surface area contributed by atoms with Gasteiger partial charge in [0.25, 0.3) is 5.56 Å². The fourth-order valence-corrected chi connectivity index (χ4v) is 4.14. The molecule has 0 saturated heterocycles. The van der Waals surface area contributed by atoms with Crippen LogP contribution in [-0.2, 0) is 27.2 Å². The van der Waals surface area contributed by atoms with Gasteiger partial charge in [-0.1, -0.05) is 30.8 Å². The van der Waals surface area contributed by atoms with Crippen LogP contribution < -0.4 is 10.9 Å². The lowest BCUT2D eigenvalue weighted by Crippen LogP contribution is -2.25. The van der Waals surface area contributed by atoms with Gasteiger partial charge in [-0.15, -0.1) is 0 Å². The molecule has 0 saturated carbocycles. The molecular formula is C24H27N3O5S. The quantitative estimate of drug-likeness (QED) is 0.210. The molecule has 174 valence electrons. The average Bonchev–Trinajstić information content (AvgIpc) is 2.83. The number of benzene rings is 2. The Balaban J connectivity index is 1.87. The lowest BCUT2D eigenvalue weighted by Gasteiger charge is -2.13. The maximum absolute atomic E-state index is 13.2. The van der Waals surface area contributed by atoms with Crippen molar-refractivity contribution in [1.82, 2.24) is 9.55 Å². The van der Waals surface area contributed by atoms with Gasteiger partial charge in [-0.3, -0.25) is 14.2 Å². The van der Waals surface area contributed by atoms with Gasteiger partial charge in [0.2, 0.25) is 5.91 Å². The number of thioether (sulfide) groups is 1. The third kappa shape index (κ3) is 6.21. The van der Waals surface area contributed by atoms with E-state index in [1.807, 2.05) is 24.3 Å². The van der Waals surface area contributed by atoms with Gasteiger partial charge in [0, 0.05) is 25.9 Å². The number of amides is 1. The number of esters is 1. The zero-order chi connectivity index (χ0) is 23.8. The number of nitrogens with zero attached hydrogens (tertiary/aromatic N) is 2. The number of hydrogen-bond acceptors (Lipinski definition) is 7. The standard InChI is InChI=1S/C24H27N3O5S/c1-4-16-7-5-8-18(13-16)25-21(28)15-33-24-26-20-14-17(23(30)32-3)9-10-19(20)22(29)27(24)11-6-12-31-2/h5,7-10,13-14H,4,6,11-12,15H2,1-3H3,(H,25,28). The van der Waals surface area contributed by atoms with Crippen molar-refractivity contribution in [3.63, 3.8) is 0 Å². The minimum Gasteiger partial charge on any atom is -0.465 e. The molecule has 0 aliphatic carbocycles. The van der Waals surface area contributed by atoms with Crippen LogP contribution in [-0.4, -0.2) is 48.0 Å². The van der Waals surface area contributed by atoms with Gasteiger partial charge in [0.05, 0.1) is 29.3 Å². The fraction of sp³-hybridized carbons (Fsp3) is 0.333. The summed E-state index contributed by atoms with van der Waals surface area (Å²) in [5, 5.41) is 3.69. The van der Waals surface area contributed by atoms with Crippen molar-refractivity contribution in [1.29, 1.82) is 0 Å². The minimum atomic E-state index is -0.508. The highest BCUT2D eigenvalue weighted by Gasteiger charge is 2.15. The second-order valence-electron chi connectivity index (χ2n) is 7.31. The van der Waals surface area contributed by atoms with E-state index in [0.717, 1.165) is 17.7 Å². The van der Waals surface area contributed by atoms with E-state index >= 15 is 0 Å². The maximum Gasteiger partial charge on any atom is 0.337 e. The molecular weight excluding hydrogens is 442 g/mol. The van der Waals surface area contributed by atoms with Crippen LogP contribution in [0.15, 0.2) is 52.4 Å². The molecule has 0 aliphatic rings. The number of nitrogens with one attached hydrogen (secondary N) is 1. The van der Waals surface area contributed by atoms with Crippen molar-refractivity contribution in [3.8, 4) is 0 Å². The van der Waals surface area contributed by atoms with Gasteiger partial charge < -0.3 is 14.8 Å². The average molecular weight is 470 g/mol. The number of carbonyl (C=O) groups excluding carboxylic acids is 2. The van der Waals surface area contributed by atoms with Gasteiger partial charge >= 0.3 is 5.97 Å².